The molecule has 1 aromatic carbocycles. The Morgan fingerprint density at radius 2 is 1.96 bits per heavy atom. The van der Waals surface area contributed by atoms with Crippen molar-refractivity contribution in [2.45, 2.75) is 50.3 Å². The van der Waals surface area contributed by atoms with Gasteiger partial charge < -0.3 is 10.3 Å². The normalized spacial score (nSPS) is 12.6. The summed E-state index contributed by atoms with van der Waals surface area (Å²) >= 11 is 1.94. The summed E-state index contributed by atoms with van der Waals surface area (Å²) in [5.74, 6) is 1.53. The number of thioether (sulfide) groups is 1. The maximum Gasteiger partial charge on any atom is 0.151 e. The number of anilines is 1. The minimum atomic E-state index is 0.519. The molecule has 2 aromatic heterocycles. The lowest BCUT2D eigenvalue weighted by molar-refractivity contribution is 0.607. The minimum absolute atomic E-state index is 0.519. The molecule has 1 atom stereocenters. The summed E-state index contributed by atoms with van der Waals surface area (Å²) in [5.41, 5.74) is 9.07. The number of pyridine rings is 1. The van der Waals surface area contributed by atoms with Crippen LogP contribution in [0, 0.1) is 13.8 Å². The molecule has 2 N–H and O–H groups in total. The predicted octanol–water partition coefficient (Wildman–Crippen LogP) is 4.59. The van der Waals surface area contributed by atoms with E-state index in [0.717, 1.165) is 41.8 Å². The molecule has 0 aliphatic heterocycles. The lowest BCUT2D eigenvalue weighted by Gasteiger charge is -2.13. The van der Waals surface area contributed by atoms with Crippen molar-refractivity contribution in [1.82, 2.24) is 14.5 Å². The lowest BCUT2D eigenvalue weighted by atomic mass is 10.2. The van der Waals surface area contributed by atoms with E-state index in [1.54, 1.807) is 0 Å². The topological polar surface area (TPSA) is 56.7 Å². The molecule has 0 saturated carbocycles. The number of aromatic nitrogens is 3. The molecule has 0 saturated heterocycles. The number of nitrogen functional groups attached to an aromatic ring is 1. The number of fused-ring (bicyclic) bond motifs is 1. The smallest absolute Gasteiger partial charge is 0.151 e. The standard InChI is InChI=1S/C19H24N4S/c1-13-12-21-19(20)17-18(13)23(15(3)22-17)11-7-8-14(2)24-16-9-5-4-6-10-16/h4-6,9-10,12,14H,7-8,11H2,1-3H3,(H2,20,21). The zero-order chi connectivity index (χ0) is 17.1. The van der Waals surface area contributed by atoms with E-state index in [1.165, 1.54) is 4.90 Å². The first-order valence-electron chi connectivity index (χ1n) is 8.36. The first kappa shape index (κ1) is 16.8. The molecule has 0 fully saturated rings. The van der Waals surface area contributed by atoms with E-state index < -0.39 is 0 Å². The summed E-state index contributed by atoms with van der Waals surface area (Å²) in [6, 6.07) is 10.6. The van der Waals surface area contributed by atoms with Gasteiger partial charge in [0.2, 0.25) is 0 Å². The summed E-state index contributed by atoms with van der Waals surface area (Å²) in [5, 5.41) is 0.593. The van der Waals surface area contributed by atoms with Crippen molar-refractivity contribution in [3.05, 3.63) is 47.9 Å². The monoisotopic (exact) mass is 340 g/mol. The molecular weight excluding hydrogens is 316 g/mol. The Hall–Kier alpha value is -2.01. The van der Waals surface area contributed by atoms with E-state index >= 15 is 0 Å². The van der Waals surface area contributed by atoms with Gasteiger partial charge in [0.15, 0.2) is 5.82 Å². The van der Waals surface area contributed by atoms with Crippen LogP contribution in [0.25, 0.3) is 11.0 Å². The second-order valence-corrected chi connectivity index (χ2v) is 7.73. The van der Waals surface area contributed by atoms with Crippen LogP contribution in [0.1, 0.15) is 31.2 Å². The Morgan fingerprint density at radius 1 is 1.21 bits per heavy atom. The molecule has 0 bridgehead atoms. The van der Waals surface area contributed by atoms with E-state index in [2.05, 4.69) is 58.7 Å². The van der Waals surface area contributed by atoms with Gasteiger partial charge >= 0.3 is 0 Å². The fourth-order valence-electron chi connectivity index (χ4n) is 3.03. The van der Waals surface area contributed by atoms with E-state index in [1.807, 2.05) is 24.9 Å². The van der Waals surface area contributed by atoms with Gasteiger partial charge in [0.05, 0.1) is 5.52 Å². The highest BCUT2D eigenvalue weighted by Crippen LogP contribution is 2.27. The molecule has 0 radical (unpaired) electrons. The van der Waals surface area contributed by atoms with Gasteiger partial charge in [-0.3, -0.25) is 0 Å². The van der Waals surface area contributed by atoms with Gasteiger partial charge in [-0.1, -0.05) is 25.1 Å². The minimum Gasteiger partial charge on any atom is -0.382 e. The third-order valence-corrected chi connectivity index (χ3v) is 5.43. The lowest BCUT2D eigenvalue weighted by Crippen LogP contribution is -2.05. The first-order valence-corrected chi connectivity index (χ1v) is 9.24. The first-order chi connectivity index (χ1) is 11.6. The number of aryl methyl sites for hydroxylation is 3. The summed E-state index contributed by atoms with van der Waals surface area (Å²) in [6.07, 6.45) is 4.12. The average Bonchev–Trinajstić information content (AvgIpc) is 2.90. The van der Waals surface area contributed by atoms with Gasteiger partial charge in [-0.2, -0.15) is 0 Å². The van der Waals surface area contributed by atoms with Gasteiger partial charge in [0, 0.05) is 22.9 Å². The number of rotatable bonds is 6. The van der Waals surface area contributed by atoms with Gasteiger partial charge in [-0.05, 0) is 44.4 Å². The van der Waals surface area contributed by atoms with Crippen molar-refractivity contribution in [3.8, 4) is 0 Å². The number of hydrogen-bond donors (Lipinski definition) is 1. The highest BCUT2D eigenvalue weighted by molar-refractivity contribution is 7.99. The molecule has 1 unspecified atom stereocenters. The Kier molecular flexibility index (Phi) is 5.09. The van der Waals surface area contributed by atoms with Gasteiger partial charge in [-0.25, -0.2) is 9.97 Å². The third-order valence-electron chi connectivity index (χ3n) is 4.24. The van der Waals surface area contributed by atoms with Crippen LogP contribution in [0.2, 0.25) is 0 Å². The Balaban J connectivity index is 1.66. The van der Waals surface area contributed by atoms with Crippen LogP contribution < -0.4 is 5.73 Å². The summed E-state index contributed by atoms with van der Waals surface area (Å²) in [6.45, 7) is 7.37. The Bertz CT molecular complexity index is 826. The molecule has 5 heteroatoms. The predicted molar refractivity (Wildman–Crippen MR) is 102 cm³/mol. The maximum absolute atomic E-state index is 5.98. The van der Waals surface area contributed by atoms with Crippen LogP contribution in [0.3, 0.4) is 0 Å². The van der Waals surface area contributed by atoms with Crippen LogP contribution in [-0.4, -0.2) is 19.8 Å². The second kappa shape index (κ2) is 7.26. The quantitative estimate of drug-likeness (QED) is 0.667. The Morgan fingerprint density at radius 3 is 2.71 bits per heavy atom. The van der Waals surface area contributed by atoms with Gasteiger partial charge in [0.1, 0.15) is 11.3 Å². The van der Waals surface area contributed by atoms with Gasteiger partial charge in [-0.15, -0.1) is 11.8 Å². The van der Waals surface area contributed by atoms with Crippen molar-refractivity contribution in [3.63, 3.8) is 0 Å². The summed E-state index contributed by atoms with van der Waals surface area (Å²) in [4.78, 5) is 10.2. The zero-order valence-corrected chi connectivity index (χ0v) is 15.3. The molecular formula is C19H24N4S. The number of imidazole rings is 1. The molecule has 3 aromatic rings. The molecule has 0 spiro atoms. The van der Waals surface area contributed by atoms with Crippen molar-refractivity contribution in [2.24, 2.45) is 0 Å². The average molecular weight is 340 g/mol. The van der Waals surface area contributed by atoms with Crippen LogP contribution >= 0.6 is 11.8 Å². The van der Waals surface area contributed by atoms with E-state index in [4.69, 9.17) is 5.73 Å². The molecule has 0 amide bonds. The van der Waals surface area contributed by atoms with Crippen LogP contribution in [-0.2, 0) is 6.54 Å². The maximum atomic E-state index is 5.98. The van der Waals surface area contributed by atoms with Crippen LogP contribution in [0.15, 0.2) is 41.4 Å². The number of nitrogens with two attached hydrogens (primary N) is 1. The molecule has 126 valence electrons. The summed E-state index contributed by atoms with van der Waals surface area (Å²) < 4.78 is 2.28. The van der Waals surface area contributed by atoms with Crippen LogP contribution in [0.5, 0.6) is 0 Å². The zero-order valence-electron chi connectivity index (χ0n) is 14.5. The van der Waals surface area contributed by atoms with Gasteiger partial charge in [0.25, 0.3) is 0 Å². The number of nitrogens with zero attached hydrogens (tertiary/aromatic N) is 3. The SMILES string of the molecule is Cc1cnc(N)c2nc(C)n(CCCC(C)Sc3ccccc3)c12. The Labute approximate surface area is 147 Å². The highest BCUT2D eigenvalue weighted by Gasteiger charge is 2.13. The van der Waals surface area contributed by atoms with Crippen molar-refractivity contribution in [1.29, 1.82) is 0 Å². The van der Waals surface area contributed by atoms with E-state index in [0.29, 0.717) is 11.1 Å². The second-order valence-electron chi connectivity index (χ2n) is 6.22. The molecule has 2 heterocycles. The molecule has 0 aliphatic carbocycles. The largest absolute Gasteiger partial charge is 0.382 e. The molecule has 24 heavy (non-hydrogen) atoms. The fraction of sp³-hybridized carbons (Fsp3) is 0.368. The van der Waals surface area contributed by atoms with Crippen molar-refractivity contribution < 1.29 is 0 Å². The van der Waals surface area contributed by atoms with Crippen molar-refractivity contribution >= 4 is 28.6 Å². The van der Waals surface area contributed by atoms with Crippen molar-refractivity contribution in [2.75, 3.05) is 5.73 Å². The third kappa shape index (κ3) is 3.56. The van der Waals surface area contributed by atoms with Crippen LogP contribution in [0.4, 0.5) is 5.82 Å². The van der Waals surface area contributed by atoms with E-state index in [-0.39, 0.29) is 0 Å². The molecule has 4 nitrogen and oxygen atoms in total. The van der Waals surface area contributed by atoms with E-state index in [9.17, 15) is 0 Å². The summed E-state index contributed by atoms with van der Waals surface area (Å²) in [7, 11) is 0. The fourth-order valence-corrected chi connectivity index (χ4v) is 4.10. The molecule has 3 rings (SSSR count). The number of hydrogen-bond acceptors (Lipinski definition) is 4. The molecule has 0 aliphatic rings. The highest BCUT2D eigenvalue weighted by atomic mass is 32.2. The number of benzene rings is 1.